The van der Waals surface area contributed by atoms with Crippen LogP contribution in [0.5, 0.6) is 0 Å². The van der Waals surface area contributed by atoms with Crippen molar-refractivity contribution in [3.05, 3.63) is 42.2 Å². The number of ether oxygens (including phenoxy) is 2. The van der Waals surface area contributed by atoms with Crippen molar-refractivity contribution < 1.29 is 9.47 Å². The molecule has 18 heavy (non-hydrogen) atoms. The van der Waals surface area contributed by atoms with Gasteiger partial charge in [-0.15, -0.1) is 0 Å². The maximum Gasteiger partial charge on any atom is 0.174 e. The van der Waals surface area contributed by atoms with E-state index in [0.717, 1.165) is 11.4 Å². The van der Waals surface area contributed by atoms with Gasteiger partial charge >= 0.3 is 0 Å². The van der Waals surface area contributed by atoms with Gasteiger partial charge in [0.05, 0.1) is 17.9 Å². The van der Waals surface area contributed by atoms with Crippen molar-refractivity contribution in [1.29, 1.82) is 0 Å². The van der Waals surface area contributed by atoms with Gasteiger partial charge < -0.3 is 14.0 Å². The van der Waals surface area contributed by atoms with Crippen LogP contribution in [0.1, 0.15) is 5.56 Å². The number of aryl methyl sites for hydroxylation is 1. The second-order valence-corrected chi connectivity index (χ2v) is 4.17. The van der Waals surface area contributed by atoms with Crippen molar-refractivity contribution in [1.82, 2.24) is 9.55 Å². The first-order valence-electron chi connectivity index (χ1n) is 5.88. The molecule has 0 amide bonds. The van der Waals surface area contributed by atoms with Crippen LogP contribution in [-0.4, -0.2) is 30.1 Å². The smallest absolute Gasteiger partial charge is 0.174 e. The molecule has 2 rings (SSSR count). The number of methoxy groups -OCH3 is 2. The summed E-state index contributed by atoms with van der Waals surface area (Å²) in [7, 11) is 3.29. The fourth-order valence-electron chi connectivity index (χ4n) is 1.94. The van der Waals surface area contributed by atoms with E-state index < -0.39 is 0 Å². The molecule has 0 saturated carbocycles. The van der Waals surface area contributed by atoms with Gasteiger partial charge in [-0.2, -0.15) is 0 Å². The van der Waals surface area contributed by atoms with Gasteiger partial charge in [0.2, 0.25) is 0 Å². The second-order valence-electron chi connectivity index (χ2n) is 4.17. The van der Waals surface area contributed by atoms with Crippen LogP contribution in [-0.2, 0) is 16.0 Å². The van der Waals surface area contributed by atoms with E-state index in [4.69, 9.17) is 9.47 Å². The molecule has 0 fully saturated rings. The maximum absolute atomic E-state index is 5.24. The zero-order chi connectivity index (χ0) is 13.0. The minimum atomic E-state index is -0.251. The highest BCUT2D eigenvalue weighted by molar-refractivity contribution is 5.56. The van der Waals surface area contributed by atoms with Crippen LogP contribution in [0.4, 0.5) is 0 Å². The summed E-state index contributed by atoms with van der Waals surface area (Å²) in [5.74, 6) is 0. The lowest BCUT2D eigenvalue weighted by Crippen LogP contribution is -2.20. The molecule has 0 aromatic carbocycles. The third-order valence-electron chi connectivity index (χ3n) is 2.83. The zero-order valence-electron chi connectivity index (χ0n) is 11.0. The van der Waals surface area contributed by atoms with Crippen molar-refractivity contribution in [2.45, 2.75) is 19.8 Å². The average Bonchev–Trinajstić information content (AvgIpc) is 2.78. The van der Waals surface area contributed by atoms with E-state index in [0.29, 0.717) is 6.54 Å². The van der Waals surface area contributed by atoms with Crippen molar-refractivity contribution in [2.24, 2.45) is 0 Å². The molecule has 2 heterocycles. The third-order valence-corrected chi connectivity index (χ3v) is 2.83. The summed E-state index contributed by atoms with van der Waals surface area (Å²) < 4.78 is 12.6. The van der Waals surface area contributed by atoms with Gasteiger partial charge in [-0.3, -0.25) is 4.98 Å². The summed E-state index contributed by atoms with van der Waals surface area (Å²) in [5.41, 5.74) is 3.23. The molecule has 2 aromatic rings. The van der Waals surface area contributed by atoms with Crippen LogP contribution in [0.2, 0.25) is 0 Å². The van der Waals surface area contributed by atoms with Crippen LogP contribution in [0.15, 0.2) is 36.7 Å². The van der Waals surface area contributed by atoms with E-state index in [1.54, 1.807) is 20.4 Å². The molecule has 0 unspecified atom stereocenters. The zero-order valence-corrected chi connectivity index (χ0v) is 11.0. The summed E-state index contributed by atoms with van der Waals surface area (Å²) in [4.78, 5) is 4.38. The number of hydrogen-bond acceptors (Lipinski definition) is 3. The first-order valence-corrected chi connectivity index (χ1v) is 5.88. The van der Waals surface area contributed by atoms with Gasteiger partial charge in [-0.05, 0) is 30.7 Å². The van der Waals surface area contributed by atoms with Crippen LogP contribution < -0.4 is 0 Å². The largest absolute Gasteiger partial charge is 0.354 e. The monoisotopic (exact) mass is 246 g/mol. The predicted octanol–water partition coefficient (Wildman–Crippen LogP) is 2.48. The predicted molar refractivity (Wildman–Crippen MR) is 70.2 cm³/mol. The molecule has 0 aliphatic heterocycles. The lowest BCUT2D eigenvalue weighted by Gasteiger charge is -2.16. The minimum Gasteiger partial charge on any atom is -0.354 e. The molecule has 0 spiro atoms. The van der Waals surface area contributed by atoms with Crippen molar-refractivity contribution in [2.75, 3.05) is 14.2 Å². The lowest BCUT2D eigenvalue weighted by molar-refractivity contribution is -0.110. The Kier molecular flexibility index (Phi) is 4.12. The minimum absolute atomic E-state index is 0.251. The highest BCUT2D eigenvalue weighted by Gasteiger charge is 2.12. The van der Waals surface area contributed by atoms with Crippen molar-refractivity contribution in [3.63, 3.8) is 0 Å². The molecule has 0 saturated heterocycles. The highest BCUT2D eigenvalue weighted by Crippen LogP contribution is 2.20. The summed E-state index contributed by atoms with van der Waals surface area (Å²) in [6, 6.07) is 8.01. The van der Waals surface area contributed by atoms with E-state index in [2.05, 4.69) is 28.7 Å². The normalized spacial score (nSPS) is 11.1. The topological polar surface area (TPSA) is 36.3 Å². The Bertz CT molecular complexity index is 490. The highest BCUT2D eigenvalue weighted by atomic mass is 16.7. The fraction of sp³-hybridized carbons (Fsp3) is 0.357. The van der Waals surface area contributed by atoms with E-state index >= 15 is 0 Å². The summed E-state index contributed by atoms with van der Waals surface area (Å²) >= 11 is 0. The molecule has 0 N–H and O–H groups in total. The van der Waals surface area contributed by atoms with Gasteiger partial charge in [0, 0.05) is 26.6 Å². The molecule has 96 valence electrons. The van der Waals surface area contributed by atoms with Crippen molar-refractivity contribution in [3.8, 4) is 11.4 Å². The molecule has 0 bridgehead atoms. The first kappa shape index (κ1) is 12.8. The molecule has 4 nitrogen and oxygen atoms in total. The summed E-state index contributed by atoms with van der Waals surface area (Å²) in [5, 5.41) is 0. The van der Waals surface area contributed by atoms with Gasteiger partial charge in [-0.1, -0.05) is 6.07 Å². The fourth-order valence-corrected chi connectivity index (χ4v) is 1.94. The molecule has 0 aliphatic rings. The number of hydrogen-bond donors (Lipinski definition) is 0. The summed E-state index contributed by atoms with van der Waals surface area (Å²) in [6.45, 7) is 2.71. The Labute approximate surface area is 107 Å². The van der Waals surface area contributed by atoms with E-state index in [1.165, 1.54) is 5.56 Å². The Morgan fingerprint density at radius 2 is 2.06 bits per heavy atom. The molecule has 0 atom stereocenters. The van der Waals surface area contributed by atoms with E-state index in [9.17, 15) is 0 Å². The molecule has 2 aromatic heterocycles. The molecule has 0 radical (unpaired) electrons. The molecule has 0 aliphatic carbocycles. The SMILES string of the molecule is COC(Cn1cc(C)cc1-c1ccccn1)OC. The first-order chi connectivity index (χ1) is 8.74. The Hall–Kier alpha value is -1.65. The van der Waals surface area contributed by atoms with Crippen LogP contribution in [0.25, 0.3) is 11.4 Å². The number of aromatic nitrogens is 2. The number of pyridine rings is 1. The maximum atomic E-state index is 5.24. The Balaban J connectivity index is 2.31. The van der Waals surface area contributed by atoms with Crippen molar-refractivity contribution >= 4 is 0 Å². The van der Waals surface area contributed by atoms with E-state index in [-0.39, 0.29) is 6.29 Å². The van der Waals surface area contributed by atoms with Crippen LogP contribution >= 0.6 is 0 Å². The Morgan fingerprint density at radius 3 is 2.67 bits per heavy atom. The third kappa shape index (κ3) is 2.78. The van der Waals surface area contributed by atoms with Crippen LogP contribution in [0, 0.1) is 6.92 Å². The molecular weight excluding hydrogens is 228 g/mol. The van der Waals surface area contributed by atoms with Gasteiger partial charge in [0.1, 0.15) is 0 Å². The summed E-state index contributed by atoms with van der Waals surface area (Å²) in [6.07, 6.45) is 3.63. The quantitative estimate of drug-likeness (QED) is 0.760. The molecular formula is C14H18N2O2. The lowest BCUT2D eigenvalue weighted by atomic mass is 10.2. The average molecular weight is 246 g/mol. The van der Waals surface area contributed by atoms with Gasteiger partial charge in [0.15, 0.2) is 6.29 Å². The van der Waals surface area contributed by atoms with Crippen LogP contribution in [0.3, 0.4) is 0 Å². The number of rotatable bonds is 5. The Morgan fingerprint density at radius 1 is 1.28 bits per heavy atom. The van der Waals surface area contributed by atoms with E-state index in [1.807, 2.05) is 18.2 Å². The van der Waals surface area contributed by atoms with Gasteiger partial charge in [-0.25, -0.2) is 0 Å². The molecule has 4 heteroatoms. The standard InChI is InChI=1S/C14H18N2O2/c1-11-8-13(12-6-4-5-7-15-12)16(9-11)10-14(17-2)18-3/h4-9,14H,10H2,1-3H3. The second kappa shape index (κ2) is 5.80. The van der Waals surface area contributed by atoms with Gasteiger partial charge in [0.25, 0.3) is 0 Å². The number of nitrogens with zero attached hydrogens (tertiary/aromatic N) is 2.